The molecule has 0 aliphatic heterocycles. The largest absolute Gasteiger partial charge is 0.334 e. The lowest BCUT2D eigenvalue weighted by atomic mass is 10.2. The van der Waals surface area contributed by atoms with E-state index in [9.17, 15) is 12.8 Å². The van der Waals surface area contributed by atoms with E-state index in [2.05, 4.69) is 20.2 Å². The molecule has 0 saturated carbocycles. The summed E-state index contributed by atoms with van der Waals surface area (Å²) in [5.74, 6) is -0.257. The SMILES string of the molecule is CCNS(=O)(=O)c1ccc(F)c(-c2nc(CC(C)NC)no2)c1. The van der Waals surface area contributed by atoms with Crippen LogP contribution >= 0.6 is 0 Å². The number of rotatable bonds is 7. The lowest BCUT2D eigenvalue weighted by molar-refractivity contribution is 0.416. The Hall–Kier alpha value is -1.84. The van der Waals surface area contributed by atoms with Crippen LogP contribution < -0.4 is 10.0 Å². The zero-order valence-electron chi connectivity index (χ0n) is 13.1. The standard InChI is InChI=1S/C14H19FN4O3S/c1-4-17-23(20,21)10-5-6-12(15)11(8-10)14-18-13(19-22-14)7-9(2)16-3/h5-6,8-9,16-17H,4,7H2,1-3H3. The third-order valence-corrected chi connectivity index (χ3v) is 4.81. The number of hydrogen-bond acceptors (Lipinski definition) is 6. The fourth-order valence-electron chi connectivity index (χ4n) is 1.93. The second-order valence-electron chi connectivity index (χ2n) is 5.05. The van der Waals surface area contributed by atoms with Crippen LogP contribution in [0.3, 0.4) is 0 Å². The minimum absolute atomic E-state index is 0.0418. The highest BCUT2D eigenvalue weighted by atomic mass is 32.2. The van der Waals surface area contributed by atoms with Crippen molar-refractivity contribution in [3.63, 3.8) is 0 Å². The summed E-state index contributed by atoms with van der Waals surface area (Å²) in [7, 11) is -1.88. The van der Waals surface area contributed by atoms with Gasteiger partial charge in [-0.15, -0.1) is 0 Å². The van der Waals surface area contributed by atoms with Crippen LogP contribution in [0.5, 0.6) is 0 Å². The second kappa shape index (κ2) is 7.16. The molecule has 23 heavy (non-hydrogen) atoms. The van der Waals surface area contributed by atoms with Gasteiger partial charge in [0.05, 0.1) is 10.5 Å². The molecule has 2 rings (SSSR count). The van der Waals surface area contributed by atoms with Gasteiger partial charge in [0.1, 0.15) is 5.82 Å². The van der Waals surface area contributed by atoms with Gasteiger partial charge < -0.3 is 9.84 Å². The first kappa shape index (κ1) is 17.5. The molecule has 0 fully saturated rings. The first-order valence-electron chi connectivity index (χ1n) is 7.16. The number of hydrogen-bond donors (Lipinski definition) is 2. The molecule has 0 radical (unpaired) electrons. The van der Waals surface area contributed by atoms with Crippen molar-refractivity contribution in [3.05, 3.63) is 29.8 Å². The van der Waals surface area contributed by atoms with Gasteiger partial charge in [-0.05, 0) is 32.2 Å². The van der Waals surface area contributed by atoms with Crippen LogP contribution in [0, 0.1) is 5.82 Å². The fraction of sp³-hybridized carbons (Fsp3) is 0.429. The molecule has 2 aromatic rings. The Balaban J connectivity index is 2.36. The van der Waals surface area contributed by atoms with Crippen LogP contribution in [0.25, 0.3) is 11.5 Å². The van der Waals surface area contributed by atoms with Gasteiger partial charge in [0.25, 0.3) is 5.89 Å². The average Bonchev–Trinajstić information content (AvgIpc) is 2.95. The maximum atomic E-state index is 14.0. The Morgan fingerprint density at radius 1 is 1.39 bits per heavy atom. The van der Waals surface area contributed by atoms with E-state index in [0.29, 0.717) is 12.2 Å². The summed E-state index contributed by atoms with van der Waals surface area (Å²) in [6.45, 7) is 3.84. The van der Waals surface area contributed by atoms with Crippen molar-refractivity contribution in [1.29, 1.82) is 0 Å². The van der Waals surface area contributed by atoms with Crippen molar-refractivity contribution >= 4 is 10.0 Å². The van der Waals surface area contributed by atoms with Crippen molar-refractivity contribution < 1.29 is 17.3 Å². The van der Waals surface area contributed by atoms with E-state index in [4.69, 9.17) is 4.52 Å². The molecular weight excluding hydrogens is 323 g/mol. The number of sulfonamides is 1. The molecular formula is C14H19FN4O3S. The number of aromatic nitrogens is 2. The van der Waals surface area contributed by atoms with Crippen molar-refractivity contribution in [3.8, 4) is 11.5 Å². The van der Waals surface area contributed by atoms with Crippen LogP contribution in [0.2, 0.25) is 0 Å². The molecule has 1 heterocycles. The summed E-state index contributed by atoms with van der Waals surface area (Å²) in [5.41, 5.74) is -0.0418. The second-order valence-corrected chi connectivity index (χ2v) is 6.82. The van der Waals surface area contributed by atoms with Gasteiger partial charge in [0, 0.05) is 19.0 Å². The Morgan fingerprint density at radius 3 is 2.78 bits per heavy atom. The zero-order chi connectivity index (χ0) is 17.0. The van der Waals surface area contributed by atoms with Crippen LogP contribution in [-0.2, 0) is 16.4 Å². The summed E-state index contributed by atoms with van der Waals surface area (Å²) in [6, 6.07) is 3.58. The maximum absolute atomic E-state index is 14.0. The Kier molecular flexibility index (Phi) is 5.45. The summed E-state index contributed by atoms with van der Waals surface area (Å²) >= 11 is 0. The first-order chi connectivity index (χ1) is 10.9. The number of halogens is 1. The van der Waals surface area contributed by atoms with Gasteiger partial charge in [-0.1, -0.05) is 12.1 Å². The minimum atomic E-state index is -3.69. The number of nitrogens with one attached hydrogen (secondary N) is 2. The summed E-state index contributed by atoms with van der Waals surface area (Å²) < 4.78 is 45.4. The predicted octanol–water partition coefficient (Wildman–Crippen LogP) is 1.32. The molecule has 0 spiro atoms. The van der Waals surface area contributed by atoms with Crippen molar-refractivity contribution in [1.82, 2.24) is 20.2 Å². The van der Waals surface area contributed by atoms with Crippen LogP contribution in [0.4, 0.5) is 4.39 Å². The lowest BCUT2D eigenvalue weighted by Crippen LogP contribution is -2.24. The van der Waals surface area contributed by atoms with Gasteiger partial charge >= 0.3 is 0 Å². The Morgan fingerprint density at radius 2 is 2.13 bits per heavy atom. The van der Waals surface area contributed by atoms with E-state index in [1.807, 2.05) is 6.92 Å². The summed E-state index contributed by atoms with van der Waals surface area (Å²) in [6.07, 6.45) is 0.511. The summed E-state index contributed by atoms with van der Waals surface area (Å²) in [5, 5.41) is 6.83. The normalized spacial score (nSPS) is 13.2. The monoisotopic (exact) mass is 342 g/mol. The molecule has 0 amide bonds. The molecule has 0 aliphatic rings. The molecule has 126 valence electrons. The van der Waals surface area contributed by atoms with Crippen LogP contribution in [-0.4, -0.2) is 38.2 Å². The third kappa shape index (κ3) is 4.12. The molecule has 9 heteroatoms. The predicted molar refractivity (Wildman–Crippen MR) is 82.8 cm³/mol. The molecule has 0 bridgehead atoms. The van der Waals surface area contributed by atoms with Crippen LogP contribution in [0.15, 0.2) is 27.6 Å². The minimum Gasteiger partial charge on any atom is -0.334 e. The lowest BCUT2D eigenvalue weighted by Gasteiger charge is -2.06. The highest BCUT2D eigenvalue weighted by Gasteiger charge is 2.19. The third-order valence-electron chi connectivity index (χ3n) is 3.26. The molecule has 2 N–H and O–H groups in total. The number of benzene rings is 1. The highest BCUT2D eigenvalue weighted by Crippen LogP contribution is 2.24. The Bertz CT molecular complexity index is 776. The zero-order valence-corrected chi connectivity index (χ0v) is 13.9. The van der Waals surface area contributed by atoms with Gasteiger partial charge in [-0.2, -0.15) is 4.98 Å². The van der Waals surface area contributed by atoms with Gasteiger partial charge in [0.2, 0.25) is 10.0 Å². The van der Waals surface area contributed by atoms with E-state index >= 15 is 0 Å². The molecule has 1 aromatic carbocycles. The van der Waals surface area contributed by atoms with E-state index in [-0.39, 0.29) is 28.9 Å². The molecule has 1 unspecified atom stereocenters. The van der Waals surface area contributed by atoms with Gasteiger partial charge in [-0.3, -0.25) is 0 Å². The molecule has 1 aromatic heterocycles. The van der Waals surface area contributed by atoms with E-state index in [1.54, 1.807) is 14.0 Å². The quantitative estimate of drug-likeness (QED) is 0.788. The van der Waals surface area contributed by atoms with Gasteiger partial charge in [-0.25, -0.2) is 17.5 Å². The fourth-order valence-corrected chi connectivity index (χ4v) is 3.00. The topological polar surface area (TPSA) is 97.1 Å². The number of nitrogens with zero attached hydrogens (tertiary/aromatic N) is 2. The molecule has 7 nitrogen and oxygen atoms in total. The van der Waals surface area contributed by atoms with Crippen molar-refractivity contribution in [2.45, 2.75) is 31.2 Å². The van der Waals surface area contributed by atoms with E-state index < -0.39 is 15.8 Å². The van der Waals surface area contributed by atoms with E-state index in [1.165, 1.54) is 12.1 Å². The number of likely N-dealkylation sites (N-methyl/N-ethyl adjacent to an activating group) is 1. The van der Waals surface area contributed by atoms with E-state index in [0.717, 1.165) is 6.07 Å². The highest BCUT2D eigenvalue weighted by molar-refractivity contribution is 7.89. The average molecular weight is 342 g/mol. The maximum Gasteiger partial charge on any atom is 0.260 e. The molecule has 0 saturated heterocycles. The molecule has 1 atom stereocenters. The first-order valence-corrected chi connectivity index (χ1v) is 8.65. The Labute approximate surface area is 134 Å². The molecule has 0 aliphatic carbocycles. The van der Waals surface area contributed by atoms with Crippen molar-refractivity contribution in [2.75, 3.05) is 13.6 Å². The van der Waals surface area contributed by atoms with Crippen molar-refractivity contribution in [2.24, 2.45) is 0 Å². The van der Waals surface area contributed by atoms with Gasteiger partial charge in [0.15, 0.2) is 5.82 Å². The van der Waals surface area contributed by atoms with Crippen LogP contribution in [0.1, 0.15) is 19.7 Å². The smallest absolute Gasteiger partial charge is 0.260 e. The summed E-state index contributed by atoms with van der Waals surface area (Å²) in [4.78, 5) is 4.07.